The van der Waals surface area contributed by atoms with Crippen molar-refractivity contribution in [1.82, 2.24) is 20.8 Å². The van der Waals surface area contributed by atoms with Crippen molar-refractivity contribution in [3.8, 4) is 0 Å². The van der Waals surface area contributed by atoms with Crippen LogP contribution in [0.5, 0.6) is 0 Å². The molecule has 3 aliphatic rings. The number of rotatable bonds is 7. The highest BCUT2D eigenvalue weighted by Crippen LogP contribution is 2.42. The number of amides is 3. The molecule has 24 heavy (non-hydrogen) atoms. The maximum absolute atomic E-state index is 12.0. The number of hydrogen-bond donors (Lipinski definition) is 3. The van der Waals surface area contributed by atoms with Crippen LogP contribution in [0.4, 0.5) is 9.93 Å². The van der Waals surface area contributed by atoms with Crippen LogP contribution in [0.15, 0.2) is 0 Å². The molecule has 1 aromatic heterocycles. The third-order valence-corrected chi connectivity index (χ3v) is 7.20. The number of aromatic nitrogens is 2. The standard InChI is InChI=1S/C15H21N5O2S2/c21-11(17-15-20-19-13(24-15)8-5-6-8)4-2-1-3-10-12-9(7-23-10)16-14(22)18-12/h8-10,12H,1-7H2,(H2,16,18,22)(H,17,20,21)/t9-,10+,12+/m1/s1. The molecule has 0 radical (unpaired) electrons. The molecule has 1 aliphatic carbocycles. The third-order valence-electron chi connectivity index (χ3n) is 4.69. The number of nitrogens with one attached hydrogen (secondary N) is 3. The lowest BCUT2D eigenvalue weighted by Crippen LogP contribution is -2.36. The predicted molar refractivity (Wildman–Crippen MR) is 94.5 cm³/mol. The van der Waals surface area contributed by atoms with Crippen LogP contribution in [0.3, 0.4) is 0 Å². The van der Waals surface area contributed by atoms with Crippen LogP contribution >= 0.6 is 23.1 Å². The Balaban J connectivity index is 1.15. The molecule has 4 rings (SSSR count). The molecule has 3 heterocycles. The molecule has 0 spiro atoms. The lowest BCUT2D eigenvalue weighted by Gasteiger charge is -2.16. The summed E-state index contributed by atoms with van der Waals surface area (Å²) in [5.74, 6) is 1.57. The van der Waals surface area contributed by atoms with Gasteiger partial charge in [-0.3, -0.25) is 4.79 Å². The summed E-state index contributed by atoms with van der Waals surface area (Å²) in [6.45, 7) is 0. The minimum atomic E-state index is -0.0442. The zero-order valence-corrected chi connectivity index (χ0v) is 14.9. The van der Waals surface area contributed by atoms with E-state index in [1.807, 2.05) is 11.8 Å². The zero-order chi connectivity index (χ0) is 16.5. The summed E-state index contributed by atoms with van der Waals surface area (Å²) >= 11 is 3.41. The van der Waals surface area contributed by atoms with Gasteiger partial charge in [0, 0.05) is 23.3 Å². The number of unbranched alkanes of at least 4 members (excludes halogenated alkanes) is 1. The van der Waals surface area contributed by atoms with E-state index in [0.717, 1.165) is 30.0 Å². The van der Waals surface area contributed by atoms with Crippen molar-refractivity contribution in [3.63, 3.8) is 0 Å². The van der Waals surface area contributed by atoms with E-state index in [9.17, 15) is 9.59 Å². The smallest absolute Gasteiger partial charge is 0.315 e. The average Bonchev–Trinajstić information content (AvgIpc) is 3.02. The van der Waals surface area contributed by atoms with E-state index in [4.69, 9.17) is 0 Å². The number of urea groups is 1. The highest BCUT2D eigenvalue weighted by Gasteiger charge is 2.42. The minimum Gasteiger partial charge on any atom is -0.332 e. The number of anilines is 1. The Bertz CT molecular complexity index is 633. The van der Waals surface area contributed by atoms with Gasteiger partial charge in [0.2, 0.25) is 11.0 Å². The highest BCUT2D eigenvalue weighted by molar-refractivity contribution is 8.00. The fourth-order valence-corrected chi connectivity index (χ4v) is 5.71. The van der Waals surface area contributed by atoms with Crippen LogP contribution in [-0.2, 0) is 4.79 Å². The molecule has 3 N–H and O–H groups in total. The first-order valence-corrected chi connectivity index (χ1v) is 10.4. The van der Waals surface area contributed by atoms with Gasteiger partial charge in [0.05, 0.1) is 12.1 Å². The van der Waals surface area contributed by atoms with Crippen LogP contribution in [0.25, 0.3) is 0 Å². The summed E-state index contributed by atoms with van der Waals surface area (Å²) in [6, 6.07) is 0.477. The number of carbonyl (C=O) groups excluding carboxylic acids is 2. The van der Waals surface area contributed by atoms with Crippen molar-refractivity contribution in [2.45, 2.75) is 61.8 Å². The molecule has 2 saturated heterocycles. The van der Waals surface area contributed by atoms with Gasteiger partial charge >= 0.3 is 6.03 Å². The van der Waals surface area contributed by atoms with Crippen molar-refractivity contribution in [2.75, 3.05) is 11.1 Å². The topological polar surface area (TPSA) is 96.0 Å². The van der Waals surface area contributed by atoms with E-state index < -0.39 is 0 Å². The first-order valence-electron chi connectivity index (χ1n) is 8.51. The van der Waals surface area contributed by atoms with E-state index in [2.05, 4.69) is 26.1 Å². The van der Waals surface area contributed by atoms with Gasteiger partial charge in [-0.15, -0.1) is 10.2 Å². The SMILES string of the molecule is O=C(CCCC[C@@H]1SC[C@H]2NC(=O)N[C@H]12)Nc1nnc(C2CC2)s1. The number of nitrogens with zero attached hydrogens (tertiary/aromatic N) is 2. The highest BCUT2D eigenvalue weighted by atomic mass is 32.2. The number of carbonyl (C=O) groups is 2. The van der Waals surface area contributed by atoms with Crippen molar-refractivity contribution in [3.05, 3.63) is 5.01 Å². The molecular formula is C15H21N5O2S2. The molecule has 7 nitrogen and oxygen atoms in total. The second-order valence-corrected chi connectivity index (χ2v) is 8.92. The molecule has 3 atom stereocenters. The third kappa shape index (κ3) is 3.66. The summed E-state index contributed by atoms with van der Waals surface area (Å²) in [5, 5.41) is 19.1. The van der Waals surface area contributed by atoms with Gasteiger partial charge in [0.15, 0.2) is 0 Å². The number of thioether (sulfide) groups is 1. The van der Waals surface area contributed by atoms with Crippen molar-refractivity contribution in [2.24, 2.45) is 0 Å². The molecule has 9 heteroatoms. The Kier molecular flexibility index (Phi) is 4.62. The summed E-state index contributed by atoms with van der Waals surface area (Å²) < 4.78 is 0. The molecule has 0 unspecified atom stereocenters. The summed E-state index contributed by atoms with van der Waals surface area (Å²) in [6.07, 6.45) is 5.78. The number of fused-ring (bicyclic) bond motifs is 1. The second-order valence-electron chi connectivity index (χ2n) is 6.64. The van der Waals surface area contributed by atoms with Gasteiger partial charge in [0.25, 0.3) is 0 Å². The molecule has 1 aromatic rings. The fraction of sp³-hybridized carbons (Fsp3) is 0.733. The lowest BCUT2D eigenvalue weighted by atomic mass is 10.0. The predicted octanol–water partition coefficient (Wildman–Crippen LogP) is 2.08. The molecule has 130 valence electrons. The zero-order valence-electron chi connectivity index (χ0n) is 13.3. The van der Waals surface area contributed by atoms with E-state index in [1.54, 1.807) is 0 Å². The fourth-order valence-electron chi connectivity index (χ4n) is 3.24. The Morgan fingerprint density at radius 3 is 2.96 bits per heavy atom. The first-order chi connectivity index (χ1) is 11.7. The maximum Gasteiger partial charge on any atom is 0.315 e. The van der Waals surface area contributed by atoms with Gasteiger partial charge in [-0.25, -0.2) is 4.79 Å². The minimum absolute atomic E-state index is 0.0151. The second kappa shape index (κ2) is 6.87. The van der Waals surface area contributed by atoms with Gasteiger partial charge in [-0.05, 0) is 25.7 Å². The van der Waals surface area contributed by atoms with Crippen molar-refractivity contribution in [1.29, 1.82) is 0 Å². The Morgan fingerprint density at radius 2 is 2.12 bits per heavy atom. The van der Waals surface area contributed by atoms with Crippen LogP contribution in [0.2, 0.25) is 0 Å². The first kappa shape index (κ1) is 16.1. The molecule has 0 bridgehead atoms. The molecule has 0 aromatic carbocycles. The van der Waals surface area contributed by atoms with Gasteiger partial charge in [-0.2, -0.15) is 11.8 Å². The van der Waals surface area contributed by atoms with Crippen LogP contribution < -0.4 is 16.0 Å². The largest absolute Gasteiger partial charge is 0.332 e. The molecular weight excluding hydrogens is 346 g/mol. The molecule has 3 amide bonds. The average molecular weight is 368 g/mol. The van der Waals surface area contributed by atoms with Crippen LogP contribution in [0.1, 0.15) is 49.5 Å². The lowest BCUT2D eigenvalue weighted by molar-refractivity contribution is -0.116. The maximum atomic E-state index is 12.0. The molecule has 3 fully saturated rings. The summed E-state index contributed by atoms with van der Waals surface area (Å²) in [7, 11) is 0. The Labute approximate surface area is 148 Å². The van der Waals surface area contributed by atoms with E-state index in [1.165, 1.54) is 24.2 Å². The van der Waals surface area contributed by atoms with E-state index in [0.29, 0.717) is 22.7 Å². The van der Waals surface area contributed by atoms with Crippen LogP contribution in [0, 0.1) is 0 Å². The monoisotopic (exact) mass is 367 g/mol. The van der Waals surface area contributed by atoms with Gasteiger partial charge in [-0.1, -0.05) is 17.8 Å². The summed E-state index contributed by atoms with van der Waals surface area (Å²) in [5.41, 5.74) is 0. The van der Waals surface area contributed by atoms with Crippen molar-refractivity contribution < 1.29 is 9.59 Å². The van der Waals surface area contributed by atoms with E-state index in [-0.39, 0.29) is 24.0 Å². The Morgan fingerprint density at radius 1 is 1.25 bits per heavy atom. The van der Waals surface area contributed by atoms with Gasteiger partial charge in [0.1, 0.15) is 5.01 Å². The van der Waals surface area contributed by atoms with Crippen LogP contribution in [-0.4, -0.2) is 45.2 Å². The normalized spacial score (nSPS) is 28.3. The van der Waals surface area contributed by atoms with Crippen molar-refractivity contribution >= 4 is 40.2 Å². The quantitative estimate of drug-likeness (QED) is 0.506. The van der Waals surface area contributed by atoms with E-state index >= 15 is 0 Å². The van der Waals surface area contributed by atoms with Gasteiger partial charge < -0.3 is 16.0 Å². The Hall–Kier alpha value is -1.35. The summed E-state index contributed by atoms with van der Waals surface area (Å²) in [4.78, 5) is 23.3. The molecule has 1 saturated carbocycles. The number of hydrogen-bond acceptors (Lipinski definition) is 6. The molecule has 2 aliphatic heterocycles.